The van der Waals surface area contributed by atoms with E-state index >= 15 is 0 Å². The first-order chi connectivity index (χ1) is 9.56. The second-order valence-corrected chi connectivity index (χ2v) is 8.08. The summed E-state index contributed by atoms with van der Waals surface area (Å²) >= 11 is 4.25. The van der Waals surface area contributed by atoms with Gasteiger partial charge in [-0.15, -0.1) is 0 Å². The van der Waals surface area contributed by atoms with Crippen molar-refractivity contribution < 1.29 is 0 Å². The SMILES string of the molecule is CC(C)(C)CCCCCCCCCCCCCCCS. The van der Waals surface area contributed by atoms with Gasteiger partial charge < -0.3 is 0 Å². The molecule has 0 radical (unpaired) electrons. The van der Waals surface area contributed by atoms with Gasteiger partial charge in [-0.3, -0.25) is 0 Å². The summed E-state index contributed by atoms with van der Waals surface area (Å²) in [6.45, 7) is 7.06. The number of thiol groups is 1. The summed E-state index contributed by atoms with van der Waals surface area (Å²) in [6, 6.07) is 0. The van der Waals surface area contributed by atoms with Crippen LogP contribution in [0.2, 0.25) is 0 Å². The van der Waals surface area contributed by atoms with Crippen molar-refractivity contribution in [2.45, 2.75) is 111 Å². The lowest BCUT2D eigenvalue weighted by Crippen LogP contribution is -2.03. The molecule has 0 heterocycles. The third kappa shape index (κ3) is 18.4. The number of unbranched alkanes of at least 4 members (excludes halogenated alkanes) is 12. The molecule has 0 bridgehead atoms. The minimum atomic E-state index is 0.535. The Hall–Kier alpha value is 0.350. The van der Waals surface area contributed by atoms with Crippen molar-refractivity contribution in [3.8, 4) is 0 Å². The Labute approximate surface area is 134 Å². The van der Waals surface area contributed by atoms with E-state index in [0.717, 1.165) is 5.75 Å². The van der Waals surface area contributed by atoms with Crippen LogP contribution in [0, 0.1) is 5.41 Å². The molecule has 0 atom stereocenters. The molecule has 0 aliphatic rings. The van der Waals surface area contributed by atoms with E-state index in [-0.39, 0.29) is 0 Å². The molecule has 0 spiro atoms. The third-order valence-corrected chi connectivity index (χ3v) is 4.40. The summed E-state index contributed by atoms with van der Waals surface area (Å²) < 4.78 is 0. The zero-order valence-corrected chi connectivity index (χ0v) is 15.4. The van der Waals surface area contributed by atoms with Gasteiger partial charge in [0, 0.05) is 0 Å². The van der Waals surface area contributed by atoms with E-state index in [1.54, 1.807) is 0 Å². The van der Waals surface area contributed by atoms with Crippen LogP contribution in [0.25, 0.3) is 0 Å². The van der Waals surface area contributed by atoms with Gasteiger partial charge >= 0.3 is 0 Å². The van der Waals surface area contributed by atoms with E-state index in [0.29, 0.717) is 5.41 Å². The average Bonchev–Trinajstić information content (AvgIpc) is 2.38. The fraction of sp³-hybridized carbons (Fsp3) is 1.00. The molecule has 0 aromatic rings. The Balaban J connectivity index is 2.99. The Bertz CT molecular complexity index is 181. The fourth-order valence-electron chi connectivity index (χ4n) is 2.71. The standard InChI is InChI=1S/C19H40S/c1-19(2,3)17-15-13-11-9-7-5-4-6-8-10-12-14-16-18-20/h20H,4-18H2,1-3H3. The third-order valence-electron chi connectivity index (χ3n) is 4.08. The average molecular weight is 301 g/mol. The highest BCUT2D eigenvalue weighted by Crippen LogP contribution is 2.22. The Kier molecular flexibility index (Phi) is 14.5. The molecule has 0 amide bonds. The quantitative estimate of drug-likeness (QED) is 0.250. The van der Waals surface area contributed by atoms with Crippen molar-refractivity contribution >= 4 is 12.6 Å². The molecule has 0 N–H and O–H groups in total. The van der Waals surface area contributed by atoms with Crippen LogP contribution in [0.4, 0.5) is 0 Å². The van der Waals surface area contributed by atoms with Crippen LogP contribution in [0.3, 0.4) is 0 Å². The van der Waals surface area contributed by atoms with E-state index in [1.807, 2.05) is 0 Å². The number of rotatable bonds is 14. The van der Waals surface area contributed by atoms with Gasteiger partial charge in [0.25, 0.3) is 0 Å². The lowest BCUT2D eigenvalue weighted by molar-refractivity contribution is 0.356. The molecule has 0 aromatic carbocycles. The minimum absolute atomic E-state index is 0.535. The second kappa shape index (κ2) is 14.3. The van der Waals surface area contributed by atoms with Crippen molar-refractivity contribution in [2.75, 3.05) is 5.75 Å². The van der Waals surface area contributed by atoms with Gasteiger partial charge in [-0.1, -0.05) is 97.8 Å². The fourth-order valence-corrected chi connectivity index (χ4v) is 2.94. The molecule has 0 saturated heterocycles. The smallest absolute Gasteiger partial charge is 0.00979 e. The van der Waals surface area contributed by atoms with Crippen LogP contribution in [-0.2, 0) is 0 Å². The summed E-state index contributed by atoms with van der Waals surface area (Å²) in [5.41, 5.74) is 0.535. The lowest BCUT2D eigenvalue weighted by Gasteiger charge is -2.17. The maximum absolute atomic E-state index is 4.25. The molecule has 0 unspecified atom stereocenters. The van der Waals surface area contributed by atoms with Crippen LogP contribution < -0.4 is 0 Å². The zero-order chi connectivity index (χ0) is 15.1. The van der Waals surface area contributed by atoms with Gasteiger partial charge in [-0.25, -0.2) is 0 Å². The van der Waals surface area contributed by atoms with E-state index in [4.69, 9.17) is 0 Å². The maximum atomic E-state index is 4.25. The maximum Gasteiger partial charge on any atom is -0.00979 e. The number of hydrogen-bond donors (Lipinski definition) is 1. The van der Waals surface area contributed by atoms with Gasteiger partial charge in [-0.2, -0.15) is 12.6 Å². The minimum Gasteiger partial charge on any atom is -0.179 e. The molecule has 0 aliphatic carbocycles. The van der Waals surface area contributed by atoms with Gasteiger partial charge in [-0.05, 0) is 24.0 Å². The molecule has 20 heavy (non-hydrogen) atoms. The largest absolute Gasteiger partial charge is 0.179 e. The molecule has 1 heteroatoms. The van der Waals surface area contributed by atoms with Crippen LogP contribution in [0.1, 0.15) is 111 Å². The van der Waals surface area contributed by atoms with Crippen LogP contribution in [-0.4, -0.2) is 5.75 Å². The molecule has 0 aliphatic heterocycles. The Morgan fingerprint density at radius 3 is 1.10 bits per heavy atom. The van der Waals surface area contributed by atoms with Crippen LogP contribution in [0.5, 0.6) is 0 Å². The first-order valence-corrected chi connectivity index (χ1v) is 9.80. The van der Waals surface area contributed by atoms with Gasteiger partial charge in [0.15, 0.2) is 0 Å². The summed E-state index contributed by atoms with van der Waals surface area (Å²) in [5.74, 6) is 1.07. The Morgan fingerprint density at radius 1 is 0.500 bits per heavy atom. The van der Waals surface area contributed by atoms with Crippen molar-refractivity contribution in [1.29, 1.82) is 0 Å². The molecular weight excluding hydrogens is 260 g/mol. The van der Waals surface area contributed by atoms with Crippen LogP contribution in [0.15, 0.2) is 0 Å². The normalized spacial score (nSPS) is 12.0. The Morgan fingerprint density at radius 2 is 0.800 bits per heavy atom. The molecule has 0 nitrogen and oxygen atoms in total. The topological polar surface area (TPSA) is 0 Å². The molecule has 0 rings (SSSR count). The van der Waals surface area contributed by atoms with Crippen molar-refractivity contribution in [3.05, 3.63) is 0 Å². The van der Waals surface area contributed by atoms with Crippen molar-refractivity contribution in [1.82, 2.24) is 0 Å². The highest BCUT2D eigenvalue weighted by Gasteiger charge is 2.08. The van der Waals surface area contributed by atoms with Gasteiger partial charge in [0.1, 0.15) is 0 Å². The summed E-state index contributed by atoms with van der Waals surface area (Å²) in [7, 11) is 0. The molecule has 0 aromatic heterocycles. The predicted octanol–water partition coefficient (Wildman–Crippen LogP) is 7.42. The van der Waals surface area contributed by atoms with E-state index in [9.17, 15) is 0 Å². The van der Waals surface area contributed by atoms with Crippen molar-refractivity contribution in [2.24, 2.45) is 5.41 Å². The monoisotopic (exact) mass is 300 g/mol. The molecule has 122 valence electrons. The van der Waals surface area contributed by atoms with Gasteiger partial charge in [0.2, 0.25) is 0 Å². The van der Waals surface area contributed by atoms with Crippen LogP contribution >= 0.6 is 12.6 Å². The van der Waals surface area contributed by atoms with Crippen molar-refractivity contribution in [3.63, 3.8) is 0 Å². The molecule has 0 fully saturated rings. The number of hydrogen-bond acceptors (Lipinski definition) is 1. The predicted molar refractivity (Wildman–Crippen MR) is 97.9 cm³/mol. The first kappa shape index (κ1) is 20.3. The molecular formula is C19H40S. The van der Waals surface area contributed by atoms with E-state index in [1.165, 1.54) is 89.9 Å². The van der Waals surface area contributed by atoms with E-state index < -0.39 is 0 Å². The summed E-state index contributed by atoms with van der Waals surface area (Å²) in [4.78, 5) is 0. The molecule has 0 saturated carbocycles. The summed E-state index contributed by atoms with van der Waals surface area (Å²) in [5, 5.41) is 0. The van der Waals surface area contributed by atoms with Gasteiger partial charge in [0.05, 0.1) is 0 Å². The van der Waals surface area contributed by atoms with E-state index in [2.05, 4.69) is 33.4 Å². The summed E-state index contributed by atoms with van der Waals surface area (Å²) in [6.07, 6.45) is 20.1. The highest BCUT2D eigenvalue weighted by molar-refractivity contribution is 7.80. The lowest BCUT2D eigenvalue weighted by atomic mass is 9.89. The zero-order valence-electron chi connectivity index (χ0n) is 14.6. The second-order valence-electron chi connectivity index (χ2n) is 7.63. The first-order valence-electron chi connectivity index (χ1n) is 9.17. The highest BCUT2D eigenvalue weighted by atomic mass is 32.1.